The van der Waals surface area contributed by atoms with Gasteiger partial charge in [-0.05, 0) is 39.7 Å². The molecule has 0 unspecified atom stereocenters. The number of alkyl halides is 1. The van der Waals surface area contributed by atoms with Crippen molar-refractivity contribution < 1.29 is 14.1 Å². The van der Waals surface area contributed by atoms with Crippen molar-refractivity contribution in [2.75, 3.05) is 0 Å². The fraction of sp³-hybridized carbons (Fsp3) is 0.0769. The van der Waals surface area contributed by atoms with Gasteiger partial charge in [0.1, 0.15) is 11.6 Å². The Labute approximate surface area is 127 Å². The van der Waals surface area contributed by atoms with Gasteiger partial charge in [-0.25, -0.2) is 4.39 Å². The number of rotatable bonds is 4. The molecule has 0 amide bonds. The van der Waals surface area contributed by atoms with Crippen molar-refractivity contribution in [3.63, 3.8) is 0 Å². The Balaban J connectivity index is 2.39. The van der Waals surface area contributed by atoms with Crippen LogP contribution in [0.4, 0.5) is 10.1 Å². The zero-order valence-corrected chi connectivity index (χ0v) is 12.3. The van der Waals surface area contributed by atoms with E-state index in [4.69, 9.17) is 16.3 Å². The Hall–Kier alpha value is -1.66. The molecule has 2 aromatic carbocycles. The molecule has 0 saturated heterocycles. The maximum atomic E-state index is 13.2. The van der Waals surface area contributed by atoms with Crippen LogP contribution in [0.2, 0.25) is 0 Å². The van der Waals surface area contributed by atoms with Crippen molar-refractivity contribution in [1.82, 2.24) is 0 Å². The highest BCUT2D eigenvalue weighted by molar-refractivity contribution is 9.10. The molecule has 20 heavy (non-hydrogen) atoms. The van der Waals surface area contributed by atoms with Gasteiger partial charge in [0.05, 0.1) is 9.40 Å². The first-order valence-corrected chi connectivity index (χ1v) is 6.80. The first-order chi connectivity index (χ1) is 9.51. The van der Waals surface area contributed by atoms with Crippen LogP contribution in [0.25, 0.3) is 0 Å². The van der Waals surface area contributed by atoms with Gasteiger partial charge in [0.15, 0.2) is 0 Å². The van der Waals surface area contributed by atoms with E-state index in [1.165, 1.54) is 0 Å². The monoisotopic (exact) mass is 359 g/mol. The molecule has 0 heterocycles. The molecule has 0 radical (unpaired) electrons. The average Bonchev–Trinajstić information content (AvgIpc) is 2.40. The lowest BCUT2D eigenvalue weighted by atomic mass is 10.2. The summed E-state index contributed by atoms with van der Waals surface area (Å²) in [7, 11) is 0. The lowest BCUT2D eigenvalue weighted by Gasteiger charge is -2.09. The van der Waals surface area contributed by atoms with E-state index < -0.39 is 10.7 Å². The molecular weight excluding hydrogens is 353 g/mol. The molecule has 0 aliphatic carbocycles. The Morgan fingerprint density at radius 3 is 2.60 bits per heavy atom. The van der Waals surface area contributed by atoms with Gasteiger partial charge in [-0.2, -0.15) is 0 Å². The lowest BCUT2D eigenvalue weighted by Crippen LogP contribution is -1.95. The molecule has 0 N–H and O–H groups in total. The van der Waals surface area contributed by atoms with E-state index in [2.05, 4.69) is 15.9 Å². The number of hydrogen-bond acceptors (Lipinski definition) is 3. The quantitative estimate of drug-likeness (QED) is 0.436. The van der Waals surface area contributed by atoms with E-state index in [-0.39, 0.29) is 11.4 Å². The number of hydrogen-bond donors (Lipinski definition) is 0. The highest BCUT2D eigenvalue weighted by atomic mass is 79.9. The molecule has 7 heteroatoms. The predicted molar refractivity (Wildman–Crippen MR) is 76.8 cm³/mol. The van der Waals surface area contributed by atoms with Crippen molar-refractivity contribution in [2.45, 2.75) is 5.88 Å². The summed E-state index contributed by atoms with van der Waals surface area (Å²) < 4.78 is 19.2. The summed E-state index contributed by atoms with van der Waals surface area (Å²) in [6.07, 6.45) is 0. The topological polar surface area (TPSA) is 52.4 Å². The minimum atomic E-state index is -0.629. The molecule has 0 atom stereocenters. The smallest absolute Gasteiger partial charge is 0.311 e. The summed E-state index contributed by atoms with van der Waals surface area (Å²) in [5.41, 5.74) is 0.555. The van der Waals surface area contributed by atoms with Crippen LogP contribution < -0.4 is 4.74 Å². The number of benzene rings is 2. The highest BCUT2D eigenvalue weighted by Crippen LogP contribution is 2.36. The molecule has 0 spiro atoms. The van der Waals surface area contributed by atoms with Gasteiger partial charge in [-0.15, -0.1) is 11.6 Å². The van der Waals surface area contributed by atoms with E-state index in [9.17, 15) is 14.5 Å². The Morgan fingerprint density at radius 2 is 2.00 bits per heavy atom. The van der Waals surface area contributed by atoms with Crippen LogP contribution in [-0.2, 0) is 5.88 Å². The zero-order valence-electron chi connectivity index (χ0n) is 9.98. The van der Waals surface area contributed by atoms with Gasteiger partial charge in [-0.3, -0.25) is 10.1 Å². The zero-order chi connectivity index (χ0) is 14.7. The molecular formula is C13H8BrClFNO3. The van der Waals surface area contributed by atoms with Gasteiger partial charge in [-0.1, -0.05) is 6.07 Å². The standard InChI is InChI=1S/C13H8BrClFNO3/c14-10-5-8(7-15)1-4-12(10)20-13-6-9(16)2-3-11(13)17(18)19/h1-6H,7H2. The van der Waals surface area contributed by atoms with E-state index >= 15 is 0 Å². The lowest BCUT2D eigenvalue weighted by molar-refractivity contribution is -0.385. The van der Waals surface area contributed by atoms with Crippen LogP contribution in [0.3, 0.4) is 0 Å². The van der Waals surface area contributed by atoms with Crippen LogP contribution >= 0.6 is 27.5 Å². The SMILES string of the molecule is O=[N+]([O-])c1ccc(F)cc1Oc1ccc(CCl)cc1Br. The number of halogens is 3. The van der Waals surface area contributed by atoms with Crippen molar-refractivity contribution >= 4 is 33.2 Å². The van der Waals surface area contributed by atoms with Crippen LogP contribution in [0.15, 0.2) is 40.9 Å². The molecule has 2 rings (SSSR count). The normalized spacial score (nSPS) is 10.3. The van der Waals surface area contributed by atoms with E-state index in [0.717, 1.165) is 23.8 Å². The van der Waals surface area contributed by atoms with Gasteiger partial charge < -0.3 is 4.74 Å². The van der Waals surface area contributed by atoms with Crippen LogP contribution in [0.5, 0.6) is 11.5 Å². The number of nitro benzene ring substituents is 1. The molecule has 4 nitrogen and oxygen atoms in total. The molecule has 104 valence electrons. The summed E-state index contributed by atoms with van der Waals surface area (Å²) in [5, 5.41) is 10.9. The van der Waals surface area contributed by atoms with Crippen molar-refractivity contribution in [1.29, 1.82) is 0 Å². The second-order valence-corrected chi connectivity index (χ2v) is 4.99. The Kier molecular flexibility index (Phi) is 4.57. The van der Waals surface area contributed by atoms with Crippen LogP contribution in [0.1, 0.15) is 5.56 Å². The van der Waals surface area contributed by atoms with Crippen molar-refractivity contribution in [2.24, 2.45) is 0 Å². The molecule has 0 bridgehead atoms. The fourth-order valence-electron chi connectivity index (χ4n) is 1.55. The minimum absolute atomic E-state index is 0.158. The summed E-state index contributed by atoms with van der Waals surface area (Å²) in [4.78, 5) is 10.3. The maximum absolute atomic E-state index is 13.2. The Morgan fingerprint density at radius 1 is 1.25 bits per heavy atom. The average molecular weight is 361 g/mol. The number of ether oxygens (including phenoxy) is 1. The van der Waals surface area contributed by atoms with Crippen molar-refractivity contribution in [3.8, 4) is 11.5 Å². The number of nitro groups is 1. The minimum Gasteiger partial charge on any atom is -0.449 e. The largest absolute Gasteiger partial charge is 0.449 e. The van der Waals surface area contributed by atoms with Gasteiger partial charge in [0.25, 0.3) is 0 Å². The van der Waals surface area contributed by atoms with Gasteiger partial charge >= 0.3 is 5.69 Å². The van der Waals surface area contributed by atoms with Crippen molar-refractivity contribution in [3.05, 3.63) is 62.4 Å². The third-order valence-corrected chi connectivity index (χ3v) is 3.42. The van der Waals surface area contributed by atoms with E-state index in [1.54, 1.807) is 18.2 Å². The van der Waals surface area contributed by atoms with E-state index in [0.29, 0.717) is 16.1 Å². The third kappa shape index (κ3) is 3.26. The molecule has 0 fully saturated rings. The van der Waals surface area contributed by atoms with Gasteiger partial charge in [0.2, 0.25) is 5.75 Å². The maximum Gasteiger partial charge on any atom is 0.311 e. The van der Waals surface area contributed by atoms with E-state index in [1.807, 2.05) is 0 Å². The molecule has 0 saturated carbocycles. The molecule has 0 aliphatic rings. The van der Waals surface area contributed by atoms with Crippen LogP contribution in [0, 0.1) is 15.9 Å². The summed E-state index contributed by atoms with van der Waals surface area (Å²) in [5.74, 6) is -0.0973. The predicted octanol–water partition coefficient (Wildman–Crippen LogP) is 5.03. The van der Waals surface area contributed by atoms with Gasteiger partial charge in [0, 0.05) is 18.0 Å². The molecule has 0 aromatic heterocycles. The molecule has 2 aromatic rings. The second kappa shape index (κ2) is 6.19. The fourth-order valence-corrected chi connectivity index (χ4v) is 2.22. The molecule has 0 aliphatic heterocycles. The van der Waals surface area contributed by atoms with Crippen LogP contribution in [-0.4, -0.2) is 4.92 Å². The summed E-state index contributed by atoms with van der Waals surface area (Å²) in [6, 6.07) is 8.10. The highest BCUT2D eigenvalue weighted by Gasteiger charge is 2.17. The Bertz CT molecular complexity index is 666. The third-order valence-electron chi connectivity index (χ3n) is 2.49. The summed E-state index contributed by atoms with van der Waals surface area (Å²) >= 11 is 8.98. The first-order valence-electron chi connectivity index (χ1n) is 5.47. The second-order valence-electron chi connectivity index (χ2n) is 3.87. The number of nitrogens with zero attached hydrogens (tertiary/aromatic N) is 1. The summed E-state index contributed by atoms with van der Waals surface area (Å²) in [6.45, 7) is 0. The first kappa shape index (κ1) is 14.7.